The number of fused-ring (bicyclic) bond motifs is 1. The second-order valence-electron chi connectivity index (χ2n) is 3.78. The van der Waals surface area contributed by atoms with Gasteiger partial charge >= 0.3 is 0 Å². The first kappa shape index (κ1) is 13.1. The molecule has 1 aromatic heterocycles. The number of rotatable bonds is 5. The predicted molar refractivity (Wildman–Crippen MR) is 66.6 cm³/mol. The van der Waals surface area contributed by atoms with Crippen molar-refractivity contribution in [1.29, 1.82) is 0 Å². The Morgan fingerprint density at radius 2 is 2.22 bits per heavy atom. The smallest absolute Gasteiger partial charge is 0.167 e. The summed E-state index contributed by atoms with van der Waals surface area (Å²) in [5, 5.41) is 0. The molecular formula is C12H13ClF2N2O. The zero-order valence-electron chi connectivity index (χ0n) is 9.92. The summed E-state index contributed by atoms with van der Waals surface area (Å²) in [5.41, 5.74) is 1.15. The van der Waals surface area contributed by atoms with Crippen LogP contribution < -0.4 is 4.74 Å². The van der Waals surface area contributed by atoms with Crippen molar-refractivity contribution >= 4 is 22.6 Å². The summed E-state index contributed by atoms with van der Waals surface area (Å²) in [6.45, 7) is -0.335. The van der Waals surface area contributed by atoms with Gasteiger partial charge in [0.15, 0.2) is 11.6 Å². The second kappa shape index (κ2) is 5.52. The third kappa shape index (κ3) is 2.27. The number of halogens is 3. The topological polar surface area (TPSA) is 27.1 Å². The molecule has 0 unspecified atom stereocenters. The highest BCUT2D eigenvalue weighted by molar-refractivity contribution is 6.17. The first-order valence-corrected chi connectivity index (χ1v) is 6.09. The molecular weight excluding hydrogens is 262 g/mol. The summed E-state index contributed by atoms with van der Waals surface area (Å²) in [4.78, 5) is 4.27. The van der Waals surface area contributed by atoms with Gasteiger partial charge in [-0.2, -0.15) is 0 Å². The molecule has 0 aliphatic heterocycles. The molecule has 6 heteroatoms. The van der Waals surface area contributed by atoms with Gasteiger partial charge in [-0.3, -0.25) is 0 Å². The highest BCUT2D eigenvalue weighted by atomic mass is 35.5. The minimum absolute atomic E-state index is 0.125. The van der Waals surface area contributed by atoms with E-state index in [-0.39, 0.29) is 12.3 Å². The fraction of sp³-hybridized carbons (Fsp3) is 0.417. The Morgan fingerprint density at radius 3 is 2.83 bits per heavy atom. The average molecular weight is 275 g/mol. The lowest BCUT2D eigenvalue weighted by Gasteiger charge is -2.06. The molecule has 0 aliphatic rings. The fourth-order valence-corrected chi connectivity index (χ4v) is 2.11. The van der Waals surface area contributed by atoms with Crippen LogP contribution in [0.5, 0.6) is 5.75 Å². The maximum atomic E-state index is 13.6. The van der Waals surface area contributed by atoms with Crippen molar-refractivity contribution in [3.8, 4) is 5.75 Å². The molecule has 2 rings (SSSR count). The molecule has 0 atom stereocenters. The van der Waals surface area contributed by atoms with Crippen molar-refractivity contribution in [2.75, 3.05) is 19.7 Å². The summed E-state index contributed by atoms with van der Waals surface area (Å²) in [6, 6.07) is 2.83. The second-order valence-corrected chi connectivity index (χ2v) is 4.16. The van der Waals surface area contributed by atoms with Crippen LogP contribution in [0.1, 0.15) is 5.82 Å². The molecule has 0 saturated carbocycles. The Bertz CT molecular complexity index is 556. The van der Waals surface area contributed by atoms with Gasteiger partial charge < -0.3 is 9.30 Å². The number of nitrogens with zero attached hydrogens (tertiary/aromatic N) is 2. The minimum Gasteiger partial charge on any atom is -0.494 e. The van der Waals surface area contributed by atoms with Crippen molar-refractivity contribution < 1.29 is 13.5 Å². The fourth-order valence-electron chi connectivity index (χ4n) is 1.94. The summed E-state index contributed by atoms with van der Waals surface area (Å²) < 4.78 is 32.8. The molecule has 0 bridgehead atoms. The van der Waals surface area contributed by atoms with Crippen LogP contribution in [0.4, 0.5) is 8.78 Å². The van der Waals surface area contributed by atoms with Gasteiger partial charge in [0.05, 0.1) is 24.7 Å². The van der Waals surface area contributed by atoms with Crippen LogP contribution in [0.25, 0.3) is 11.0 Å². The van der Waals surface area contributed by atoms with Crippen LogP contribution in [-0.4, -0.2) is 29.2 Å². The third-order valence-corrected chi connectivity index (χ3v) is 2.92. The van der Waals surface area contributed by atoms with Crippen LogP contribution >= 0.6 is 11.6 Å². The van der Waals surface area contributed by atoms with Gasteiger partial charge in [-0.25, -0.2) is 13.8 Å². The van der Waals surface area contributed by atoms with Crippen molar-refractivity contribution in [2.45, 2.75) is 13.0 Å². The largest absolute Gasteiger partial charge is 0.494 e. The van der Waals surface area contributed by atoms with E-state index in [0.717, 1.165) is 0 Å². The van der Waals surface area contributed by atoms with E-state index in [0.29, 0.717) is 29.2 Å². The summed E-state index contributed by atoms with van der Waals surface area (Å²) >= 11 is 5.68. The normalized spacial score (nSPS) is 11.1. The maximum absolute atomic E-state index is 13.6. The molecule has 0 amide bonds. The van der Waals surface area contributed by atoms with Crippen molar-refractivity contribution in [3.63, 3.8) is 0 Å². The van der Waals surface area contributed by atoms with E-state index in [9.17, 15) is 8.78 Å². The van der Waals surface area contributed by atoms with Crippen LogP contribution in [0.2, 0.25) is 0 Å². The number of ether oxygens (including phenoxy) is 1. The average Bonchev–Trinajstić information content (AvgIpc) is 2.67. The van der Waals surface area contributed by atoms with Gasteiger partial charge in [0.25, 0.3) is 0 Å². The van der Waals surface area contributed by atoms with E-state index in [1.165, 1.54) is 19.2 Å². The highest BCUT2D eigenvalue weighted by Gasteiger charge is 2.14. The van der Waals surface area contributed by atoms with Crippen LogP contribution in [0.15, 0.2) is 12.1 Å². The molecule has 0 aliphatic carbocycles. The molecule has 1 heterocycles. The SMILES string of the molecule is COc1cc2c(cc1F)nc(CCCl)n2CCF. The first-order chi connectivity index (χ1) is 8.71. The zero-order chi connectivity index (χ0) is 13.1. The van der Waals surface area contributed by atoms with Crippen molar-refractivity contribution in [2.24, 2.45) is 0 Å². The van der Waals surface area contributed by atoms with Crippen LogP contribution in [0, 0.1) is 5.82 Å². The molecule has 0 N–H and O–H groups in total. The van der Waals surface area contributed by atoms with Gasteiger partial charge in [-0.1, -0.05) is 0 Å². The number of aromatic nitrogens is 2. The van der Waals surface area contributed by atoms with Gasteiger partial charge in [-0.05, 0) is 0 Å². The van der Waals surface area contributed by atoms with E-state index in [1.54, 1.807) is 4.57 Å². The molecule has 0 fully saturated rings. The van der Waals surface area contributed by atoms with Crippen LogP contribution in [0.3, 0.4) is 0 Å². The number of hydrogen-bond donors (Lipinski definition) is 0. The molecule has 2 aromatic rings. The number of aryl methyl sites for hydroxylation is 2. The summed E-state index contributed by atoms with van der Waals surface area (Å²) in [6.07, 6.45) is 0.514. The standard InChI is InChI=1S/C12H13ClF2N2O/c1-18-11-7-10-9(6-8(11)15)16-12(2-3-13)17(10)5-4-14/h6-7H,2-5H2,1H3. The number of methoxy groups -OCH3 is 1. The van der Waals surface area contributed by atoms with Gasteiger partial charge in [0.2, 0.25) is 0 Å². The molecule has 3 nitrogen and oxygen atoms in total. The number of benzene rings is 1. The molecule has 0 saturated heterocycles. The highest BCUT2D eigenvalue weighted by Crippen LogP contribution is 2.25. The quantitative estimate of drug-likeness (QED) is 0.784. The monoisotopic (exact) mass is 274 g/mol. The lowest BCUT2D eigenvalue weighted by atomic mass is 10.3. The lowest BCUT2D eigenvalue weighted by Crippen LogP contribution is -2.06. The predicted octanol–water partition coefficient (Wildman–Crippen LogP) is 2.93. The van der Waals surface area contributed by atoms with Crippen LogP contribution in [-0.2, 0) is 13.0 Å². The van der Waals surface area contributed by atoms with Crippen molar-refractivity contribution in [1.82, 2.24) is 9.55 Å². The molecule has 0 radical (unpaired) electrons. The number of alkyl halides is 2. The minimum atomic E-state index is -0.513. The molecule has 18 heavy (non-hydrogen) atoms. The summed E-state index contributed by atoms with van der Waals surface area (Å²) in [5.74, 6) is 0.687. The van der Waals surface area contributed by atoms with E-state index in [2.05, 4.69) is 4.98 Å². The zero-order valence-corrected chi connectivity index (χ0v) is 10.7. The van der Waals surface area contributed by atoms with E-state index in [4.69, 9.17) is 16.3 Å². The molecule has 0 spiro atoms. The number of hydrogen-bond acceptors (Lipinski definition) is 2. The van der Waals surface area contributed by atoms with Gasteiger partial charge in [0.1, 0.15) is 12.5 Å². The van der Waals surface area contributed by atoms with E-state index < -0.39 is 12.5 Å². The Kier molecular flexibility index (Phi) is 4.01. The lowest BCUT2D eigenvalue weighted by molar-refractivity contribution is 0.387. The Morgan fingerprint density at radius 1 is 1.44 bits per heavy atom. The maximum Gasteiger partial charge on any atom is 0.167 e. The Balaban J connectivity index is 2.61. The van der Waals surface area contributed by atoms with Gasteiger partial charge in [0, 0.05) is 24.4 Å². The Labute approximate surface area is 108 Å². The van der Waals surface area contributed by atoms with Crippen molar-refractivity contribution in [3.05, 3.63) is 23.8 Å². The number of imidazole rings is 1. The van der Waals surface area contributed by atoms with Gasteiger partial charge in [-0.15, -0.1) is 11.6 Å². The van der Waals surface area contributed by atoms with E-state index >= 15 is 0 Å². The summed E-state index contributed by atoms with van der Waals surface area (Å²) in [7, 11) is 1.39. The Hall–Kier alpha value is -1.36. The molecule has 1 aromatic carbocycles. The first-order valence-electron chi connectivity index (χ1n) is 5.55. The molecule has 98 valence electrons. The van der Waals surface area contributed by atoms with E-state index in [1.807, 2.05) is 0 Å². The third-order valence-electron chi connectivity index (χ3n) is 2.73.